The fraction of sp³-hybridized carbons (Fsp3) is 0.194. The number of ether oxygens (including phenoxy) is 5. The number of fused-ring (bicyclic) bond motifs is 1. The fourth-order valence-corrected chi connectivity index (χ4v) is 7.27. The summed E-state index contributed by atoms with van der Waals surface area (Å²) in [4.78, 5) is 38.9. The minimum absolute atomic E-state index is 0.129. The maximum Gasteiger partial charge on any atom is 0.341 e. The molecule has 12 nitrogen and oxygen atoms in total. The molecule has 240 valence electrons. The van der Waals surface area contributed by atoms with Gasteiger partial charge in [-0.2, -0.15) is 0 Å². The molecule has 0 saturated carbocycles. The van der Waals surface area contributed by atoms with Gasteiger partial charge in [-0.05, 0) is 66.9 Å². The van der Waals surface area contributed by atoms with Crippen molar-refractivity contribution in [3.63, 3.8) is 0 Å². The van der Waals surface area contributed by atoms with Gasteiger partial charge >= 0.3 is 11.9 Å². The van der Waals surface area contributed by atoms with E-state index in [4.69, 9.17) is 35.3 Å². The van der Waals surface area contributed by atoms with E-state index < -0.39 is 34.5 Å². The second-order valence-electron chi connectivity index (χ2n) is 9.77. The van der Waals surface area contributed by atoms with Crippen molar-refractivity contribution >= 4 is 61.5 Å². The molecule has 2 heterocycles. The number of hydrogen-bond donors (Lipinski definition) is 2. The van der Waals surface area contributed by atoms with Crippen molar-refractivity contribution in [2.75, 3.05) is 37.7 Å². The molecule has 2 N–H and O–H groups in total. The lowest BCUT2D eigenvalue weighted by atomic mass is 10.0. The fourth-order valence-electron chi connectivity index (χ4n) is 4.59. The number of anilines is 2. The van der Waals surface area contributed by atoms with Crippen molar-refractivity contribution in [3.8, 4) is 17.2 Å². The van der Waals surface area contributed by atoms with E-state index in [-0.39, 0.29) is 44.3 Å². The Labute approximate surface area is 273 Å². The molecular weight excluding hydrogens is 660 g/mol. The zero-order valence-electron chi connectivity index (χ0n) is 24.7. The molecule has 0 aliphatic carbocycles. The summed E-state index contributed by atoms with van der Waals surface area (Å²) < 4.78 is 54.8. The number of sulfonamides is 1. The standard InChI is InChI=1S/C31H27ClN2O10S2/c1-17-20(12-18-8-11-24-25(13-18)44-16-43-24)28(31(37)41-3)29(45-17)33-27(35)15-42-30(36)19-9-10-21(32)26(14-19)46(38,39)34-22-6-4-5-7-23(22)40-2/h4-11,13-14,34H,12,15-16H2,1-3H3,(H,33,35). The van der Waals surface area contributed by atoms with Gasteiger partial charge in [0.1, 0.15) is 15.6 Å². The molecule has 0 unspecified atom stereocenters. The van der Waals surface area contributed by atoms with Crippen LogP contribution in [-0.4, -0.2) is 53.9 Å². The molecule has 0 bridgehead atoms. The van der Waals surface area contributed by atoms with Crippen LogP contribution in [0.1, 0.15) is 36.7 Å². The molecule has 1 amide bonds. The molecule has 0 fully saturated rings. The van der Waals surface area contributed by atoms with Gasteiger partial charge in [-0.25, -0.2) is 18.0 Å². The summed E-state index contributed by atoms with van der Waals surface area (Å²) in [5.74, 6) is -0.848. The lowest BCUT2D eigenvalue weighted by molar-refractivity contribution is -0.119. The molecule has 0 atom stereocenters. The van der Waals surface area contributed by atoms with Crippen LogP contribution in [0.2, 0.25) is 5.02 Å². The Morgan fingerprint density at radius 3 is 2.50 bits per heavy atom. The van der Waals surface area contributed by atoms with Crippen molar-refractivity contribution in [3.05, 3.63) is 92.8 Å². The van der Waals surface area contributed by atoms with E-state index in [0.717, 1.165) is 16.5 Å². The summed E-state index contributed by atoms with van der Waals surface area (Å²) in [6.45, 7) is 1.21. The molecule has 0 radical (unpaired) electrons. The zero-order chi connectivity index (χ0) is 33.0. The van der Waals surface area contributed by atoms with Crippen molar-refractivity contribution < 1.29 is 46.5 Å². The van der Waals surface area contributed by atoms with Gasteiger partial charge in [0.05, 0.1) is 36.1 Å². The van der Waals surface area contributed by atoms with Crippen LogP contribution in [0, 0.1) is 6.92 Å². The molecule has 46 heavy (non-hydrogen) atoms. The van der Waals surface area contributed by atoms with Gasteiger partial charge in [0, 0.05) is 4.88 Å². The van der Waals surface area contributed by atoms with E-state index in [2.05, 4.69) is 10.0 Å². The number of benzene rings is 3. The Kier molecular flexibility index (Phi) is 9.70. The van der Waals surface area contributed by atoms with Crippen molar-refractivity contribution in [2.24, 2.45) is 0 Å². The van der Waals surface area contributed by atoms with Crippen LogP contribution >= 0.6 is 22.9 Å². The Hall–Kier alpha value is -4.79. The predicted molar refractivity (Wildman–Crippen MR) is 170 cm³/mol. The van der Waals surface area contributed by atoms with Gasteiger partial charge in [-0.1, -0.05) is 29.8 Å². The van der Waals surface area contributed by atoms with E-state index in [0.29, 0.717) is 23.5 Å². The summed E-state index contributed by atoms with van der Waals surface area (Å²) in [7, 11) is -1.62. The number of methoxy groups -OCH3 is 2. The molecular formula is C31H27ClN2O10S2. The number of carbonyl (C=O) groups is 3. The van der Waals surface area contributed by atoms with Gasteiger partial charge in [0.15, 0.2) is 18.1 Å². The Balaban J connectivity index is 1.28. The molecule has 0 saturated heterocycles. The minimum Gasteiger partial charge on any atom is -0.495 e. The molecule has 1 aliphatic rings. The van der Waals surface area contributed by atoms with Crippen LogP contribution in [-0.2, 0) is 30.7 Å². The summed E-state index contributed by atoms with van der Waals surface area (Å²) in [6.07, 6.45) is 0.349. The first-order valence-electron chi connectivity index (χ1n) is 13.5. The third-order valence-corrected chi connectivity index (χ3v) is 9.72. The number of rotatable bonds is 11. The van der Waals surface area contributed by atoms with Gasteiger partial charge in [-0.3, -0.25) is 9.52 Å². The number of nitrogens with one attached hydrogen (secondary N) is 2. The molecule has 5 rings (SSSR count). The number of carbonyl (C=O) groups excluding carboxylic acids is 3. The average Bonchev–Trinajstić information content (AvgIpc) is 3.63. The first-order chi connectivity index (χ1) is 22.0. The van der Waals surface area contributed by atoms with Crippen LogP contribution in [0.25, 0.3) is 0 Å². The Bertz CT molecular complexity index is 1940. The summed E-state index contributed by atoms with van der Waals surface area (Å²) >= 11 is 7.34. The topological polar surface area (TPSA) is 156 Å². The van der Waals surface area contributed by atoms with Gasteiger partial charge in [-0.15, -0.1) is 11.3 Å². The van der Waals surface area contributed by atoms with E-state index >= 15 is 0 Å². The largest absolute Gasteiger partial charge is 0.495 e. The van der Waals surface area contributed by atoms with Gasteiger partial charge < -0.3 is 29.0 Å². The van der Waals surface area contributed by atoms with Gasteiger partial charge in [0.25, 0.3) is 15.9 Å². The number of esters is 2. The molecule has 3 aromatic carbocycles. The van der Waals surface area contributed by atoms with Gasteiger partial charge in [0.2, 0.25) is 6.79 Å². The van der Waals surface area contributed by atoms with E-state index in [1.807, 2.05) is 19.1 Å². The maximum atomic E-state index is 13.1. The number of aryl methyl sites for hydroxylation is 1. The molecule has 1 aliphatic heterocycles. The van der Waals surface area contributed by atoms with Crippen molar-refractivity contribution in [2.45, 2.75) is 18.2 Å². The predicted octanol–water partition coefficient (Wildman–Crippen LogP) is 5.42. The summed E-state index contributed by atoms with van der Waals surface area (Å²) in [5, 5.41) is 2.71. The second-order valence-corrected chi connectivity index (χ2v) is 13.1. The van der Waals surface area contributed by atoms with Crippen LogP contribution in [0.15, 0.2) is 65.6 Å². The van der Waals surface area contributed by atoms with Crippen LogP contribution in [0.5, 0.6) is 17.2 Å². The Morgan fingerprint density at radius 1 is 0.978 bits per heavy atom. The lowest BCUT2D eigenvalue weighted by Gasteiger charge is -2.13. The maximum absolute atomic E-state index is 13.1. The second kappa shape index (κ2) is 13.7. The Morgan fingerprint density at radius 2 is 1.74 bits per heavy atom. The normalized spacial score (nSPS) is 11.9. The third kappa shape index (κ3) is 7.03. The summed E-state index contributed by atoms with van der Waals surface area (Å²) in [5.41, 5.74) is 1.69. The average molecular weight is 687 g/mol. The third-order valence-electron chi connectivity index (χ3n) is 6.81. The molecule has 0 spiro atoms. The van der Waals surface area contributed by atoms with E-state index in [1.54, 1.807) is 24.3 Å². The highest BCUT2D eigenvalue weighted by Gasteiger charge is 2.26. The molecule has 15 heteroatoms. The number of para-hydroxylation sites is 2. The van der Waals surface area contributed by atoms with Crippen molar-refractivity contribution in [1.82, 2.24) is 0 Å². The molecule has 1 aromatic heterocycles. The number of hydrogen-bond acceptors (Lipinski definition) is 11. The highest BCUT2D eigenvalue weighted by Crippen LogP contribution is 2.38. The highest BCUT2D eigenvalue weighted by molar-refractivity contribution is 7.92. The van der Waals surface area contributed by atoms with E-state index in [9.17, 15) is 22.8 Å². The monoisotopic (exact) mass is 686 g/mol. The van der Waals surface area contributed by atoms with E-state index in [1.165, 1.54) is 43.8 Å². The summed E-state index contributed by atoms with van der Waals surface area (Å²) in [6, 6.07) is 15.4. The first-order valence-corrected chi connectivity index (χ1v) is 16.2. The zero-order valence-corrected chi connectivity index (χ0v) is 27.1. The number of thiophene rings is 1. The first kappa shape index (κ1) is 32.6. The number of halogens is 1. The smallest absolute Gasteiger partial charge is 0.341 e. The molecule has 4 aromatic rings. The minimum atomic E-state index is -4.25. The van der Waals surface area contributed by atoms with Crippen molar-refractivity contribution in [1.29, 1.82) is 0 Å². The SMILES string of the molecule is COC(=O)c1c(NC(=O)COC(=O)c2ccc(Cl)c(S(=O)(=O)Nc3ccccc3OC)c2)sc(C)c1Cc1ccc2c(c1)OCO2. The number of amides is 1. The van der Waals surface area contributed by atoms with Crippen LogP contribution in [0.4, 0.5) is 10.7 Å². The highest BCUT2D eigenvalue weighted by atomic mass is 35.5. The van der Waals surface area contributed by atoms with Crippen LogP contribution in [0.3, 0.4) is 0 Å². The quantitative estimate of drug-likeness (QED) is 0.195. The van der Waals surface area contributed by atoms with Crippen LogP contribution < -0.4 is 24.2 Å². The lowest BCUT2D eigenvalue weighted by Crippen LogP contribution is -2.22.